The zero-order chi connectivity index (χ0) is 10.7. The number of rotatable bonds is 3. The summed E-state index contributed by atoms with van der Waals surface area (Å²) < 4.78 is 0. The van der Waals surface area contributed by atoms with Crippen molar-refractivity contribution in [1.82, 2.24) is 10.3 Å². The Morgan fingerprint density at radius 2 is 2.40 bits per heavy atom. The van der Waals surface area contributed by atoms with Crippen molar-refractivity contribution in [3.63, 3.8) is 0 Å². The zero-order valence-electron chi connectivity index (χ0n) is 9.66. The smallest absolute Gasteiger partial charge is 0.0303 e. The highest BCUT2D eigenvalue weighted by atomic mass is 14.9. The maximum absolute atomic E-state index is 4.24. The van der Waals surface area contributed by atoms with Crippen LogP contribution in [0.1, 0.15) is 43.7 Å². The third kappa shape index (κ3) is 2.57. The molecule has 0 bridgehead atoms. The van der Waals surface area contributed by atoms with Gasteiger partial charge >= 0.3 is 0 Å². The molecule has 0 saturated carbocycles. The first-order chi connectivity index (χ1) is 7.27. The lowest BCUT2D eigenvalue weighted by Crippen LogP contribution is -2.24. The van der Waals surface area contributed by atoms with Gasteiger partial charge in [-0.2, -0.15) is 0 Å². The maximum Gasteiger partial charge on any atom is 0.0303 e. The molecule has 2 nitrogen and oxygen atoms in total. The third-order valence-corrected chi connectivity index (χ3v) is 3.19. The standard InChI is InChI=1S/C13H20N2/c1-10(2)13-5-7-14-9-11(13)8-12-4-3-6-15-12/h5,7,9-10,12,15H,3-4,6,8H2,1-2H3. The average molecular weight is 204 g/mol. The highest BCUT2D eigenvalue weighted by molar-refractivity contribution is 5.27. The van der Waals surface area contributed by atoms with E-state index in [4.69, 9.17) is 0 Å². The van der Waals surface area contributed by atoms with Gasteiger partial charge in [-0.1, -0.05) is 13.8 Å². The molecule has 0 radical (unpaired) electrons. The number of hydrogen-bond acceptors (Lipinski definition) is 2. The lowest BCUT2D eigenvalue weighted by Gasteiger charge is -2.15. The number of nitrogens with zero attached hydrogens (tertiary/aromatic N) is 1. The minimum Gasteiger partial charge on any atom is -0.314 e. The van der Waals surface area contributed by atoms with E-state index < -0.39 is 0 Å². The lowest BCUT2D eigenvalue weighted by molar-refractivity contribution is 0.596. The van der Waals surface area contributed by atoms with Crippen molar-refractivity contribution in [2.45, 2.75) is 45.1 Å². The van der Waals surface area contributed by atoms with Gasteiger partial charge in [0.05, 0.1) is 0 Å². The second kappa shape index (κ2) is 4.75. The van der Waals surface area contributed by atoms with Crippen molar-refractivity contribution in [2.24, 2.45) is 0 Å². The maximum atomic E-state index is 4.24. The topological polar surface area (TPSA) is 24.9 Å². The summed E-state index contributed by atoms with van der Waals surface area (Å²) >= 11 is 0. The van der Waals surface area contributed by atoms with Crippen LogP contribution >= 0.6 is 0 Å². The van der Waals surface area contributed by atoms with E-state index in [0.29, 0.717) is 12.0 Å². The Morgan fingerprint density at radius 3 is 3.07 bits per heavy atom. The van der Waals surface area contributed by atoms with E-state index in [2.05, 4.69) is 30.2 Å². The van der Waals surface area contributed by atoms with Gasteiger partial charge in [-0.05, 0) is 48.9 Å². The first-order valence-electron chi connectivity index (χ1n) is 5.93. The van der Waals surface area contributed by atoms with Gasteiger partial charge in [0.15, 0.2) is 0 Å². The van der Waals surface area contributed by atoms with Gasteiger partial charge in [-0.25, -0.2) is 0 Å². The van der Waals surface area contributed by atoms with Gasteiger partial charge in [-0.3, -0.25) is 4.98 Å². The summed E-state index contributed by atoms with van der Waals surface area (Å²) in [7, 11) is 0. The Labute approximate surface area is 92.1 Å². The average Bonchev–Trinajstić information content (AvgIpc) is 2.71. The van der Waals surface area contributed by atoms with Crippen LogP contribution < -0.4 is 5.32 Å². The molecule has 1 aliphatic rings. The van der Waals surface area contributed by atoms with Crippen molar-refractivity contribution < 1.29 is 0 Å². The SMILES string of the molecule is CC(C)c1ccncc1CC1CCCN1. The predicted molar refractivity (Wildman–Crippen MR) is 63.1 cm³/mol. The highest BCUT2D eigenvalue weighted by Crippen LogP contribution is 2.21. The quantitative estimate of drug-likeness (QED) is 0.818. The van der Waals surface area contributed by atoms with Gasteiger partial charge in [0.2, 0.25) is 0 Å². The lowest BCUT2D eigenvalue weighted by atomic mass is 9.94. The molecule has 1 aromatic heterocycles. The fraction of sp³-hybridized carbons (Fsp3) is 0.615. The largest absolute Gasteiger partial charge is 0.314 e. The van der Waals surface area contributed by atoms with Crippen molar-refractivity contribution in [3.8, 4) is 0 Å². The molecule has 1 aromatic rings. The van der Waals surface area contributed by atoms with Gasteiger partial charge in [-0.15, -0.1) is 0 Å². The first kappa shape index (κ1) is 10.6. The summed E-state index contributed by atoms with van der Waals surface area (Å²) in [6, 6.07) is 2.83. The van der Waals surface area contributed by atoms with E-state index in [1.807, 2.05) is 12.4 Å². The minimum absolute atomic E-state index is 0.601. The van der Waals surface area contributed by atoms with E-state index in [0.717, 1.165) is 6.42 Å². The molecule has 2 rings (SSSR count). The van der Waals surface area contributed by atoms with Crippen molar-refractivity contribution in [1.29, 1.82) is 0 Å². The summed E-state index contributed by atoms with van der Waals surface area (Å²) in [6.07, 6.45) is 7.71. The van der Waals surface area contributed by atoms with E-state index in [-0.39, 0.29) is 0 Å². The van der Waals surface area contributed by atoms with Crippen molar-refractivity contribution >= 4 is 0 Å². The number of aromatic nitrogens is 1. The van der Waals surface area contributed by atoms with E-state index in [1.54, 1.807) is 0 Å². The van der Waals surface area contributed by atoms with Crippen LogP contribution in [0.5, 0.6) is 0 Å². The molecule has 1 N–H and O–H groups in total. The van der Waals surface area contributed by atoms with Crippen LogP contribution in [-0.4, -0.2) is 17.6 Å². The number of nitrogens with one attached hydrogen (secondary N) is 1. The molecular weight excluding hydrogens is 184 g/mol. The second-order valence-electron chi connectivity index (χ2n) is 4.73. The fourth-order valence-electron chi connectivity index (χ4n) is 2.37. The van der Waals surface area contributed by atoms with Crippen LogP contribution in [0.2, 0.25) is 0 Å². The molecule has 15 heavy (non-hydrogen) atoms. The van der Waals surface area contributed by atoms with Crippen molar-refractivity contribution in [2.75, 3.05) is 6.54 Å². The molecule has 0 spiro atoms. The fourth-order valence-corrected chi connectivity index (χ4v) is 2.37. The van der Waals surface area contributed by atoms with E-state index in [9.17, 15) is 0 Å². The van der Waals surface area contributed by atoms with Crippen molar-refractivity contribution in [3.05, 3.63) is 29.6 Å². The molecule has 2 heteroatoms. The molecule has 0 aliphatic carbocycles. The molecule has 1 aliphatic heterocycles. The second-order valence-corrected chi connectivity index (χ2v) is 4.73. The summed E-state index contributed by atoms with van der Waals surface area (Å²) in [4.78, 5) is 4.24. The zero-order valence-corrected chi connectivity index (χ0v) is 9.66. The van der Waals surface area contributed by atoms with E-state index >= 15 is 0 Å². The Hall–Kier alpha value is -0.890. The van der Waals surface area contributed by atoms with Crippen LogP contribution in [0.4, 0.5) is 0 Å². The number of pyridine rings is 1. The van der Waals surface area contributed by atoms with Crippen LogP contribution in [-0.2, 0) is 6.42 Å². The monoisotopic (exact) mass is 204 g/mol. The molecular formula is C13H20N2. The molecule has 0 aromatic carbocycles. The molecule has 1 atom stereocenters. The summed E-state index contributed by atoms with van der Waals surface area (Å²) in [6.45, 7) is 5.68. The van der Waals surface area contributed by atoms with Crippen LogP contribution in [0.3, 0.4) is 0 Å². The predicted octanol–water partition coefficient (Wildman–Crippen LogP) is 2.50. The molecule has 1 fully saturated rings. The molecule has 1 saturated heterocycles. The summed E-state index contributed by atoms with van der Waals surface area (Å²) in [5.74, 6) is 0.601. The summed E-state index contributed by atoms with van der Waals surface area (Å²) in [5, 5.41) is 3.54. The van der Waals surface area contributed by atoms with E-state index in [1.165, 1.54) is 30.5 Å². The Morgan fingerprint density at radius 1 is 1.53 bits per heavy atom. The molecule has 2 heterocycles. The Bertz CT molecular complexity index is 314. The normalized spacial score (nSPS) is 21.1. The number of hydrogen-bond donors (Lipinski definition) is 1. The molecule has 82 valence electrons. The van der Waals surface area contributed by atoms with Gasteiger partial charge < -0.3 is 5.32 Å². The van der Waals surface area contributed by atoms with Gasteiger partial charge in [0, 0.05) is 18.4 Å². The van der Waals surface area contributed by atoms with Gasteiger partial charge in [0.1, 0.15) is 0 Å². The summed E-state index contributed by atoms with van der Waals surface area (Å²) in [5.41, 5.74) is 2.88. The van der Waals surface area contributed by atoms with Crippen LogP contribution in [0, 0.1) is 0 Å². The molecule has 1 unspecified atom stereocenters. The van der Waals surface area contributed by atoms with Crippen LogP contribution in [0.15, 0.2) is 18.5 Å². The Balaban J connectivity index is 2.12. The minimum atomic E-state index is 0.601. The molecule has 0 amide bonds. The Kier molecular flexibility index (Phi) is 3.37. The first-order valence-corrected chi connectivity index (χ1v) is 5.93. The van der Waals surface area contributed by atoms with Crippen LogP contribution in [0.25, 0.3) is 0 Å². The third-order valence-electron chi connectivity index (χ3n) is 3.19. The van der Waals surface area contributed by atoms with Gasteiger partial charge in [0.25, 0.3) is 0 Å². The highest BCUT2D eigenvalue weighted by Gasteiger charge is 2.16.